The molecule has 0 spiro atoms. The van der Waals surface area contributed by atoms with Crippen molar-refractivity contribution < 1.29 is 14.3 Å². The Hall–Kier alpha value is -1.36. The van der Waals surface area contributed by atoms with E-state index in [1.807, 2.05) is 25.1 Å². The highest BCUT2D eigenvalue weighted by Gasteiger charge is 2.17. The van der Waals surface area contributed by atoms with Crippen LogP contribution in [-0.2, 0) is 14.3 Å². The van der Waals surface area contributed by atoms with Crippen molar-refractivity contribution in [2.75, 3.05) is 11.9 Å². The molecule has 0 unspecified atom stereocenters. The van der Waals surface area contributed by atoms with Gasteiger partial charge in [-0.15, -0.1) is 0 Å². The van der Waals surface area contributed by atoms with Crippen LogP contribution in [0.4, 0.5) is 5.69 Å². The van der Waals surface area contributed by atoms with Crippen LogP contribution in [0.5, 0.6) is 0 Å². The van der Waals surface area contributed by atoms with Crippen LogP contribution >= 0.6 is 15.9 Å². The molecule has 4 nitrogen and oxygen atoms in total. The first-order chi connectivity index (χ1) is 10.5. The predicted molar refractivity (Wildman–Crippen MR) is 89.7 cm³/mol. The highest BCUT2D eigenvalue weighted by Crippen LogP contribution is 2.28. The lowest BCUT2D eigenvalue weighted by Crippen LogP contribution is -2.21. The summed E-state index contributed by atoms with van der Waals surface area (Å²) in [5.41, 5.74) is 1.78. The Labute approximate surface area is 139 Å². The van der Waals surface area contributed by atoms with Gasteiger partial charge in [0.15, 0.2) is 6.61 Å². The molecule has 0 saturated heterocycles. The minimum atomic E-state index is -0.321. The monoisotopic (exact) mass is 367 g/mol. The second-order valence-electron chi connectivity index (χ2n) is 5.88. The third-order valence-corrected chi connectivity index (χ3v) is 4.65. The maximum absolute atomic E-state index is 11.8. The van der Waals surface area contributed by atoms with E-state index in [2.05, 4.69) is 21.2 Å². The van der Waals surface area contributed by atoms with Gasteiger partial charge in [0.2, 0.25) is 0 Å². The third-order valence-electron chi connectivity index (χ3n) is 3.99. The molecule has 1 saturated carbocycles. The summed E-state index contributed by atoms with van der Waals surface area (Å²) in [4.78, 5) is 23.5. The maximum Gasteiger partial charge on any atom is 0.306 e. The zero-order valence-corrected chi connectivity index (χ0v) is 14.4. The van der Waals surface area contributed by atoms with Gasteiger partial charge in [-0.05, 0) is 52.9 Å². The SMILES string of the molecule is Cc1ccc(NC(=O)COC(=O)CCC2CCCC2)c(Br)c1. The molecule has 22 heavy (non-hydrogen) atoms. The van der Waals surface area contributed by atoms with Crippen LogP contribution in [0.25, 0.3) is 0 Å². The lowest BCUT2D eigenvalue weighted by molar-refractivity contribution is -0.147. The Morgan fingerprint density at radius 1 is 1.32 bits per heavy atom. The van der Waals surface area contributed by atoms with Crippen molar-refractivity contribution in [1.82, 2.24) is 0 Å². The van der Waals surface area contributed by atoms with Crippen LogP contribution in [-0.4, -0.2) is 18.5 Å². The van der Waals surface area contributed by atoms with Gasteiger partial charge in [0.05, 0.1) is 5.69 Å². The van der Waals surface area contributed by atoms with Crippen LogP contribution in [0.15, 0.2) is 22.7 Å². The van der Waals surface area contributed by atoms with Crippen LogP contribution < -0.4 is 5.32 Å². The Bertz CT molecular complexity index is 539. The Kier molecular flexibility index (Phi) is 6.43. The molecule has 2 rings (SSSR count). The van der Waals surface area contributed by atoms with Gasteiger partial charge in [0, 0.05) is 10.9 Å². The van der Waals surface area contributed by atoms with E-state index in [0.29, 0.717) is 18.0 Å². The number of esters is 1. The lowest BCUT2D eigenvalue weighted by Gasteiger charge is -2.10. The molecule has 1 aromatic rings. The van der Waals surface area contributed by atoms with Crippen molar-refractivity contribution in [1.29, 1.82) is 0 Å². The largest absolute Gasteiger partial charge is 0.456 e. The van der Waals surface area contributed by atoms with E-state index in [-0.39, 0.29) is 18.5 Å². The van der Waals surface area contributed by atoms with Gasteiger partial charge in [-0.2, -0.15) is 0 Å². The zero-order valence-electron chi connectivity index (χ0n) is 12.9. The first kappa shape index (κ1) is 17.0. The van der Waals surface area contributed by atoms with E-state index >= 15 is 0 Å². The van der Waals surface area contributed by atoms with Gasteiger partial charge in [-0.1, -0.05) is 31.7 Å². The zero-order chi connectivity index (χ0) is 15.9. The first-order valence-corrected chi connectivity index (χ1v) is 8.55. The van der Waals surface area contributed by atoms with Gasteiger partial charge < -0.3 is 10.1 Å². The van der Waals surface area contributed by atoms with Crippen LogP contribution in [0, 0.1) is 12.8 Å². The normalized spacial score (nSPS) is 14.8. The average molecular weight is 368 g/mol. The number of rotatable bonds is 6. The van der Waals surface area contributed by atoms with Crippen molar-refractivity contribution in [3.63, 3.8) is 0 Å². The molecule has 0 bridgehead atoms. The fraction of sp³-hybridized carbons (Fsp3) is 0.529. The molecule has 1 fully saturated rings. The smallest absolute Gasteiger partial charge is 0.306 e. The van der Waals surface area contributed by atoms with E-state index in [4.69, 9.17) is 4.74 Å². The highest BCUT2D eigenvalue weighted by atomic mass is 79.9. The number of carbonyl (C=O) groups excluding carboxylic acids is 2. The average Bonchev–Trinajstić information content (AvgIpc) is 2.99. The Balaban J connectivity index is 1.69. The summed E-state index contributed by atoms with van der Waals surface area (Å²) in [5.74, 6) is 0.0497. The number of benzene rings is 1. The van der Waals surface area contributed by atoms with Crippen molar-refractivity contribution in [3.05, 3.63) is 28.2 Å². The van der Waals surface area contributed by atoms with Gasteiger partial charge in [-0.3, -0.25) is 9.59 Å². The van der Waals surface area contributed by atoms with E-state index in [1.165, 1.54) is 25.7 Å². The summed E-state index contributed by atoms with van der Waals surface area (Å²) >= 11 is 3.40. The topological polar surface area (TPSA) is 55.4 Å². The van der Waals surface area contributed by atoms with Crippen LogP contribution in [0.2, 0.25) is 0 Å². The molecular formula is C17H22BrNO3. The summed E-state index contributed by atoms with van der Waals surface area (Å²) in [7, 11) is 0. The lowest BCUT2D eigenvalue weighted by atomic mass is 10.0. The molecule has 1 aliphatic carbocycles. The molecule has 0 heterocycles. The number of hydrogen-bond donors (Lipinski definition) is 1. The number of anilines is 1. The molecule has 0 aliphatic heterocycles. The summed E-state index contributed by atoms with van der Waals surface area (Å²) < 4.78 is 5.85. The van der Waals surface area contributed by atoms with Crippen molar-refractivity contribution in [2.24, 2.45) is 5.92 Å². The Morgan fingerprint density at radius 2 is 2.05 bits per heavy atom. The molecule has 1 amide bonds. The molecule has 0 aromatic heterocycles. The maximum atomic E-state index is 11.8. The van der Waals surface area contributed by atoms with Gasteiger partial charge in [0.25, 0.3) is 5.91 Å². The molecular weight excluding hydrogens is 346 g/mol. The molecule has 1 aliphatic rings. The van der Waals surface area contributed by atoms with Gasteiger partial charge in [0.1, 0.15) is 0 Å². The molecule has 120 valence electrons. The number of ether oxygens (including phenoxy) is 1. The van der Waals surface area contributed by atoms with Gasteiger partial charge >= 0.3 is 5.97 Å². The van der Waals surface area contributed by atoms with E-state index in [0.717, 1.165) is 16.5 Å². The summed E-state index contributed by atoms with van der Waals surface area (Å²) in [6, 6.07) is 5.65. The fourth-order valence-corrected chi connectivity index (χ4v) is 3.34. The number of nitrogens with one attached hydrogen (secondary N) is 1. The summed E-state index contributed by atoms with van der Waals surface area (Å²) in [5, 5.41) is 2.73. The standard InChI is InChI=1S/C17H22BrNO3/c1-12-6-8-15(14(18)10-12)19-16(20)11-22-17(21)9-7-13-4-2-3-5-13/h6,8,10,13H,2-5,7,9,11H2,1H3,(H,19,20). The summed E-state index contributed by atoms with van der Waals surface area (Å²) in [6.07, 6.45) is 6.27. The molecule has 1 N–H and O–H groups in total. The molecule has 1 aromatic carbocycles. The van der Waals surface area contributed by atoms with Crippen molar-refractivity contribution in [3.8, 4) is 0 Å². The van der Waals surface area contributed by atoms with E-state index in [1.54, 1.807) is 0 Å². The Morgan fingerprint density at radius 3 is 2.73 bits per heavy atom. The quantitative estimate of drug-likeness (QED) is 0.766. The van der Waals surface area contributed by atoms with Crippen LogP contribution in [0.1, 0.15) is 44.1 Å². The second-order valence-corrected chi connectivity index (χ2v) is 6.74. The number of halogens is 1. The minimum Gasteiger partial charge on any atom is -0.456 e. The second kappa shape index (κ2) is 8.32. The van der Waals surface area contributed by atoms with E-state index < -0.39 is 0 Å². The minimum absolute atomic E-state index is 0.232. The highest BCUT2D eigenvalue weighted by molar-refractivity contribution is 9.10. The number of carbonyl (C=O) groups is 2. The fourth-order valence-electron chi connectivity index (χ4n) is 2.75. The molecule has 5 heteroatoms. The number of aryl methyl sites for hydroxylation is 1. The van der Waals surface area contributed by atoms with Crippen molar-refractivity contribution in [2.45, 2.75) is 45.4 Å². The summed E-state index contributed by atoms with van der Waals surface area (Å²) in [6.45, 7) is 1.74. The van der Waals surface area contributed by atoms with E-state index in [9.17, 15) is 9.59 Å². The number of hydrogen-bond acceptors (Lipinski definition) is 3. The third kappa shape index (κ3) is 5.44. The van der Waals surface area contributed by atoms with Crippen molar-refractivity contribution >= 4 is 33.5 Å². The van der Waals surface area contributed by atoms with Crippen LogP contribution in [0.3, 0.4) is 0 Å². The first-order valence-electron chi connectivity index (χ1n) is 7.76. The molecule has 0 atom stereocenters. The van der Waals surface area contributed by atoms with Gasteiger partial charge in [-0.25, -0.2) is 0 Å². The number of amides is 1. The molecule has 0 radical (unpaired) electrons. The predicted octanol–water partition coefficient (Wildman–Crippen LogP) is 4.21.